The lowest BCUT2D eigenvalue weighted by Crippen LogP contribution is -2.55. The molecule has 0 fully saturated rings. The standard InChI is InChI=1S/C32H46N4O5/c1-10-23(6)36(30(39)25(16-17-26(33)37)34-31(40)41-32(7,8)9)28(24-18-19(2)14-15-20(24)3)29(38)35-27-21(4)12-11-13-22(27)5/h11-15,18,23,25,28H,10,16-17H2,1-9H3,(H2,33,37)(H,34,40)(H,35,38). The molecule has 3 atom stereocenters. The van der Waals surface area contributed by atoms with Crippen LogP contribution in [-0.4, -0.2) is 46.4 Å². The minimum Gasteiger partial charge on any atom is -0.444 e. The number of alkyl carbamates (subject to hydrolysis) is 1. The van der Waals surface area contributed by atoms with E-state index in [2.05, 4.69) is 10.6 Å². The molecule has 4 amide bonds. The van der Waals surface area contributed by atoms with Gasteiger partial charge in [0, 0.05) is 18.2 Å². The minimum atomic E-state index is -1.15. The summed E-state index contributed by atoms with van der Waals surface area (Å²) < 4.78 is 5.41. The van der Waals surface area contributed by atoms with Crippen molar-refractivity contribution in [3.05, 3.63) is 64.2 Å². The lowest BCUT2D eigenvalue weighted by Gasteiger charge is -2.39. The maximum atomic E-state index is 14.4. The first-order valence-corrected chi connectivity index (χ1v) is 14.1. The van der Waals surface area contributed by atoms with Crippen LogP contribution in [0.2, 0.25) is 0 Å². The number of carbonyl (C=O) groups excluding carboxylic acids is 4. The van der Waals surface area contributed by atoms with Gasteiger partial charge in [0.2, 0.25) is 11.8 Å². The fraction of sp³-hybridized carbons (Fsp3) is 0.500. The van der Waals surface area contributed by atoms with Gasteiger partial charge in [-0.2, -0.15) is 0 Å². The Morgan fingerprint density at radius 3 is 2.12 bits per heavy atom. The Kier molecular flexibility index (Phi) is 11.5. The van der Waals surface area contributed by atoms with Gasteiger partial charge in [-0.15, -0.1) is 0 Å². The molecule has 0 aliphatic heterocycles. The summed E-state index contributed by atoms with van der Waals surface area (Å²) >= 11 is 0. The summed E-state index contributed by atoms with van der Waals surface area (Å²) in [5.74, 6) is -1.49. The summed E-state index contributed by atoms with van der Waals surface area (Å²) in [5.41, 5.74) is 9.53. The van der Waals surface area contributed by atoms with Gasteiger partial charge in [0.05, 0.1) is 0 Å². The lowest BCUT2D eigenvalue weighted by molar-refractivity contribution is -0.143. The van der Waals surface area contributed by atoms with Crippen molar-refractivity contribution in [1.29, 1.82) is 0 Å². The van der Waals surface area contributed by atoms with Gasteiger partial charge in [-0.25, -0.2) is 4.79 Å². The molecule has 41 heavy (non-hydrogen) atoms. The molecule has 2 aromatic carbocycles. The van der Waals surface area contributed by atoms with E-state index in [-0.39, 0.29) is 18.7 Å². The predicted octanol–water partition coefficient (Wildman–Crippen LogP) is 5.39. The Labute approximate surface area is 244 Å². The second kappa shape index (κ2) is 14.1. The second-order valence-corrected chi connectivity index (χ2v) is 11.7. The molecule has 4 N–H and O–H groups in total. The first-order valence-electron chi connectivity index (χ1n) is 14.1. The molecule has 0 aliphatic rings. The first kappa shape index (κ1) is 33.3. The SMILES string of the molecule is CCC(C)N(C(=O)C(CCC(N)=O)NC(=O)OC(C)(C)C)C(C(=O)Nc1c(C)cccc1C)c1cc(C)ccc1C. The minimum absolute atomic E-state index is 0.0433. The molecular formula is C32H46N4O5. The molecule has 9 heteroatoms. The number of carbonyl (C=O) groups is 4. The monoisotopic (exact) mass is 566 g/mol. The van der Waals surface area contributed by atoms with Gasteiger partial charge >= 0.3 is 6.09 Å². The smallest absolute Gasteiger partial charge is 0.408 e. The number of nitrogens with one attached hydrogen (secondary N) is 2. The number of benzene rings is 2. The summed E-state index contributed by atoms with van der Waals surface area (Å²) in [6, 6.07) is 8.97. The Bertz CT molecular complexity index is 1250. The zero-order valence-corrected chi connectivity index (χ0v) is 25.9. The average molecular weight is 567 g/mol. The Hall–Kier alpha value is -3.88. The van der Waals surface area contributed by atoms with Crippen molar-refractivity contribution in [3.8, 4) is 0 Å². The molecule has 9 nitrogen and oxygen atoms in total. The summed E-state index contributed by atoms with van der Waals surface area (Å²) in [4.78, 5) is 54.6. The maximum Gasteiger partial charge on any atom is 0.408 e. The topological polar surface area (TPSA) is 131 Å². The Morgan fingerprint density at radius 1 is 0.976 bits per heavy atom. The molecule has 0 aliphatic carbocycles. The third-order valence-corrected chi connectivity index (χ3v) is 6.97. The van der Waals surface area contributed by atoms with Gasteiger partial charge < -0.3 is 26.0 Å². The Balaban J connectivity index is 2.68. The van der Waals surface area contributed by atoms with Crippen LogP contribution in [0.3, 0.4) is 0 Å². The van der Waals surface area contributed by atoms with E-state index in [1.807, 2.05) is 77.9 Å². The number of hydrogen-bond donors (Lipinski definition) is 3. The van der Waals surface area contributed by atoms with Crippen LogP contribution in [0.25, 0.3) is 0 Å². The van der Waals surface area contributed by atoms with Crippen LogP contribution in [-0.2, 0) is 19.1 Å². The van der Waals surface area contributed by atoms with E-state index in [0.717, 1.165) is 22.3 Å². The molecular weight excluding hydrogens is 520 g/mol. The molecule has 2 aromatic rings. The number of aryl methyl sites for hydroxylation is 4. The first-order chi connectivity index (χ1) is 19.0. The van der Waals surface area contributed by atoms with Crippen LogP contribution in [0, 0.1) is 27.7 Å². The van der Waals surface area contributed by atoms with Gasteiger partial charge in [0.25, 0.3) is 5.91 Å². The third kappa shape index (κ3) is 9.33. The molecule has 0 aromatic heterocycles. The highest BCUT2D eigenvalue weighted by atomic mass is 16.6. The fourth-order valence-corrected chi connectivity index (χ4v) is 4.64. The van der Waals surface area contributed by atoms with Crippen LogP contribution in [0.15, 0.2) is 36.4 Å². The van der Waals surface area contributed by atoms with E-state index in [4.69, 9.17) is 10.5 Å². The van der Waals surface area contributed by atoms with Crippen LogP contribution >= 0.6 is 0 Å². The molecule has 0 bridgehead atoms. The normalized spacial score (nSPS) is 13.5. The number of para-hydroxylation sites is 1. The number of ether oxygens (including phenoxy) is 1. The van der Waals surface area contributed by atoms with Gasteiger partial charge in [-0.3, -0.25) is 14.4 Å². The zero-order chi connectivity index (χ0) is 31.1. The number of primary amides is 1. The molecule has 3 unspecified atom stereocenters. The molecule has 0 spiro atoms. The van der Waals surface area contributed by atoms with E-state index < -0.39 is 41.6 Å². The highest BCUT2D eigenvalue weighted by Crippen LogP contribution is 2.32. The van der Waals surface area contributed by atoms with Gasteiger partial charge in [0.1, 0.15) is 17.7 Å². The van der Waals surface area contributed by atoms with Crippen molar-refractivity contribution in [2.24, 2.45) is 5.73 Å². The second-order valence-electron chi connectivity index (χ2n) is 11.7. The summed E-state index contributed by atoms with van der Waals surface area (Å²) in [6.45, 7) is 16.6. The summed E-state index contributed by atoms with van der Waals surface area (Å²) in [5, 5.41) is 5.72. The Morgan fingerprint density at radius 2 is 1.59 bits per heavy atom. The highest BCUT2D eigenvalue weighted by molar-refractivity contribution is 6.00. The number of nitrogens with two attached hydrogens (primary N) is 1. The summed E-state index contributed by atoms with van der Waals surface area (Å²) in [7, 11) is 0. The maximum absolute atomic E-state index is 14.4. The van der Waals surface area contributed by atoms with E-state index in [9.17, 15) is 19.2 Å². The quantitative estimate of drug-likeness (QED) is 0.336. The van der Waals surface area contributed by atoms with Crippen molar-refractivity contribution >= 4 is 29.5 Å². The number of amides is 4. The third-order valence-electron chi connectivity index (χ3n) is 6.97. The molecule has 224 valence electrons. The molecule has 2 rings (SSSR count). The van der Waals surface area contributed by atoms with E-state index in [1.165, 1.54) is 4.90 Å². The molecule has 0 saturated carbocycles. The van der Waals surface area contributed by atoms with E-state index in [1.54, 1.807) is 20.8 Å². The fourth-order valence-electron chi connectivity index (χ4n) is 4.64. The molecule has 0 heterocycles. The van der Waals surface area contributed by atoms with Crippen LogP contribution in [0.1, 0.15) is 87.7 Å². The number of rotatable bonds is 11. The largest absolute Gasteiger partial charge is 0.444 e. The van der Waals surface area contributed by atoms with Crippen molar-refractivity contribution < 1.29 is 23.9 Å². The van der Waals surface area contributed by atoms with E-state index >= 15 is 0 Å². The van der Waals surface area contributed by atoms with Crippen molar-refractivity contribution in [2.75, 3.05) is 5.32 Å². The zero-order valence-electron chi connectivity index (χ0n) is 25.9. The van der Waals surface area contributed by atoms with E-state index in [0.29, 0.717) is 17.7 Å². The van der Waals surface area contributed by atoms with Gasteiger partial charge in [0.15, 0.2) is 0 Å². The average Bonchev–Trinajstić information content (AvgIpc) is 2.86. The molecule has 0 radical (unpaired) electrons. The highest BCUT2D eigenvalue weighted by Gasteiger charge is 2.39. The number of hydrogen-bond acceptors (Lipinski definition) is 5. The number of anilines is 1. The summed E-state index contributed by atoms with van der Waals surface area (Å²) in [6.07, 6.45) is -0.437. The predicted molar refractivity (Wildman–Crippen MR) is 161 cm³/mol. The van der Waals surface area contributed by atoms with Crippen LogP contribution < -0.4 is 16.4 Å². The van der Waals surface area contributed by atoms with Crippen LogP contribution in [0.5, 0.6) is 0 Å². The van der Waals surface area contributed by atoms with Gasteiger partial charge in [-0.05, 0) is 90.5 Å². The van der Waals surface area contributed by atoms with Crippen LogP contribution in [0.4, 0.5) is 10.5 Å². The van der Waals surface area contributed by atoms with Crippen molar-refractivity contribution in [1.82, 2.24) is 10.2 Å². The van der Waals surface area contributed by atoms with Crippen molar-refractivity contribution in [3.63, 3.8) is 0 Å². The van der Waals surface area contributed by atoms with Gasteiger partial charge in [-0.1, -0.05) is 48.9 Å². The molecule has 0 saturated heterocycles. The van der Waals surface area contributed by atoms with Crippen molar-refractivity contribution in [2.45, 2.75) is 105 Å². The lowest BCUT2D eigenvalue weighted by atomic mass is 9.94. The number of nitrogens with zero attached hydrogens (tertiary/aromatic N) is 1.